The van der Waals surface area contributed by atoms with E-state index < -0.39 is 16.5 Å². The zero-order valence-electron chi connectivity index (χ0n) is 9.45. The molecule has 0 bridgehead atoms. The van der Waals surface area contributed by atoms with Gasteiger partial charge in [-0.1, -0.05) is 36.4 Å². The van der Waals surface area contributed by atoms with Crippen LogP contribution in [0.5, 0.6) is 0 Å². The molecule has 0 aliphatic carbocycles. The summed E-state index contributed by atoms with van der Waals surface area (Å²) in [6, 6.07) is 14.9. The average molecular weight is 702 g/mol. The fourth-order valence-corrected chi connectivity index (χ4v) is 2.06. The van der Waals surface area contributed by atoms with Gasteiger partial charge in [0.15, 0.2) is 0 Å². The number of benzene rings is 2. The molecule has 19 heavy (non-hydrogen) atoms. The minimum atomic E-state index is -0.472. The topological polar surface area (TPSA) is 47.6 Å². The molecule has 2 aromatic carbocycles. The zero-order chi connectivity index (χ0) is 14.7. The van der Waals surface area contributed by atoms with Crippen LogP contribution in [0.3, 0.4) is 0 Å². The van der Waals surface area contributed by atoms with Crippen molar-refractivity contribution in [3.8, 4) is 0 Å². The van der Waals surface area contributed by atoms with Crippen molar-refractivity contribution >= 4 is 75.4 Å². The van der Waals surface area contributed by atoms with Gasteiger partial charge in [-0.25, -0.2) is 0 Å². The Kier molecular flexibility index (Phi) is 13.0. The average Bonchev–Trinajstić information content (AvgIpc) is 2.30. The Morgan fingerprint density at radius 1 is 0.789 bits per heavy atom. The van der Waals surface area contributed by atoms with Crippen LogP contribution in [0.25, 0.3) is 11.5 Å². The van der Waals surface area contributed by atoms with Crippen molar-refractivity contribution in [2.75, 3.05) is 0 Å². The zero-order valence-corrected chi connectivity index (χ0v) is 17.5. The summed E-state index contributed by atoms with van der Waals surface area (Å²) < 4.78 is 2.24. The Bertz CT molecular complexity index is 409. The van der Waals surface area contributed by atoms with Gasteiger partial charge in [-0.15, -0.1) is 11.4 Å². The van der Waals surface area contributed by atoms with Crippen LogP contribution in [0.15, 0.2) is 48.5 Å². The van der Waals surface area contributed by atoms with Crippen LogP contribution in [0.1, 0.15) is 0 Å². The molecule has 0 radical (unpaired) electrons. The van der Waals surface area contributed by atoms with Gasteiger partial charge in [0.2, 0.25) is 0 Å². The molecule has 0 amide bonds. The maximum Gasteiger partial charge on any atom is 0.0118 e. The molecule has 2 nitrogen and oxygen atoms in total. The van der Waals surface area contributed by atoms with Crippen LogP contribution in [-0.4, -0.2) is 0 Å². The van der Waals surface area contributed by atoms with Gasteiger partial charge in [0.05, 0.1) is 0 Å². The van der Waals surface area contributed by atoms with Crippen molar-refractivity contribution in [1.29, 1.82) is 0 Å². The molecule has 2 aromatic rings. The van der Waals surface area contributed by atoms with Crippen LogP contribution in [-0.2, 0) is 16.5 Å². The molecular formula is C12H10Cl2I2N2Pt. The number of nitrogens with one attached hydrogen (secondary N) is 2. The maximum atomic E-state index is 7.13. The third-order valence-electron chi connectivity index (χ3n) is 1.65. The quantitative estimate of drug-likeness (QED) is 0.259. The van der Waals surface area contributed by atoms with E-state index in [2.05, 4.69) is 45.2 Å². The second kappa shape index (κ2) is 12.5. The second-order valence-electron chi connectivity index (χ2n) is 3.07. The monoisotopic (exact) mass is 701 g/mol. The van der Waals surface area contributed by atoms with Gasteiger partial charge in [0, 0.05) is 7.14 Å². The summed E-state index contributed by atoms with van der Waals surface area (Å²) in [6.07, 6.45) is 0. The van der Waals surface area contributed by atoms with Crippen molar-refractivity contribution < 1.29 is 16.5 Å². The Balaban J connectivity index is 0.000000284. The largest absolute Gasteiger partial charge is 0.699 e. The van der Waals surface area contributed by atoms with Crippen molar-refractivity contribution in [3.05, 3.63) is 67.1 Å². The van der Waals surface area contributed by atoms with Crippen LogP contribution in [0.2, 0.25) is 0 Å². The standard InChI is InChI=1S/2C6H5IN.2ClH.Pt/c2*7-5-2-1-3-6(8)4-5;;;/h2*1-4,8H;2*1H;/q2*-1;;;+4/p-2. The number of halogens is 4. The van der Waals surface area contributed by atoms with Crippen molar-refractivity contribution in [3.63, 3.8) is 0 Å². The van der Waals surface area contributed by atoms with Crippen molar-refractivity contribution in [2.45, 2.75) is 0 Å². The summed E-state index contributed by atoms with van der Waals surface area (Å²) in [5.41, 5.74) is 15.4. The molecule has 0 aromatic heterocycles. The molecule has 0 saturated carbocycles. The first-order valence-corrected chi connectivity index (χ1v) is 12.5. The van der Waals surface area contributed by atoms with Crippen LogP contribution in [0.4, 0.5) is 11.4 Å². The summed E-state index contributed by atoms with van der Waals surface area (Å²) in [6.45, 7) is 0. The van der Waals surface area contributed by atoms with E-state index in [1.54, 1.807) is 12.1 Å². The molecule has 106 valence electrons. The molecule has 0 atom stereocenters. The maximum absolute atomic E-state index is 7.13. The van der Waals surface area contributed by atoms with E-state index in [0.717, 1.165) is 7.14 Å². The van der Waals surface area contributed by atoms with Gasteiger partial charge >= 0.3 is 35.3 Å². The number of hydrogen-bond acceptors (Lipinski definition) is 0. The Morgan fingerprint density at radius 2 is 1.11 bits per heavy atom. The molecule has 0 saturated heterocycles. The van der Waals surface area contributed by atoms with Gasteiger partial charge in [-0.3, -0.25) is 0 Å². The molecule has 7 heteroatoms. The van der Waals surface area contributed by atoms with Gasteiger partial charge in [-0.05, 0) is 57.3 Å². The van der Waals surface area contributed by atoms with Gasteiger partial charge in [-0.2, -0.15) is 0 Å². The van der Waals surface area contributed by atoms with Crippen molar-refractivity contribution in [1.82, 2.24) is 0 Å². The third-order valence-corrected chi connectivity index (χ3v) is 2.99. The molecule has 0 spiro atoms. The number of hydrogen-bond donors (Lipinski definition) is 0. The summed E-state index contributed by atoms with van der Waals surface area (Å²) in [5.74, 6) is 0. The molecule has 0 heterocycles. The molecular weight excluding hydrogens is 692 g/mol. The molecule has 0 unspecified atom stereocenters. The van der Waals surface area contributed by atoms with Crippen LogP contribution in [0, 0.1) is 7.14 Å². The van der Waals surface area contributed by atoms with Crippen molar-refractivity contribution in [2.24, 2.45) is 0 Å². The van der Waals surface area contributed by atoms with E-state index in [1.165, 1.54) is 0 Å². The Morgan fingerprint density at radius 3 is 1.26 bits per heavy atom. The summed E-state index contributed by atoms with van der Waals surface area (Å²) in [5, 5.41) is 0. The van der Waals surface area contributed by atoms with Gasteiger partial charge < -0.3 is 11.5 Å². The second-order valence-corrected chi connectivity index (χ2v) is 8.84. The normalized spacial score (nSPS) is 8.84. The first-order valence-electron chi connectivity index (χ1n) is 4.76. The SMILES string of the molecule is [Cl][Pt+2][Cl].[NH-]c1cccc(I)c1.[NH-]c1cccc(I)c1. The fraction of sp³-hybridized carbons (Fsp3) is 0. The molecule has 0 aliphatic rings. The van der Waals surface area contributed by atoms with E-state index in [9.17, 15) is 0 Å². The predicted octanol–water partition coefficient (Wildman–Crippen LogP) is 7.33. The molecule has 0 aliphatic heterocycles. The smallest absolute Gasteiger partial charge is 0.0118 e. The third kappa shape index (κ3) is 12.2. The molecule has 2 N–H and O–H groups in total. The Hall–Kier alpha value is 0.768. The predicted molar refractivity (Wildman–Crippen MR) is 98.0 cm³/mol. The first-order chi connectivity index (χ1) is 8.99. The summed E-state index contributed by atoms with van der Waals surface area (Å²) >= 11 is 3.90. The van der Waals surface area contributed by atoms with Crippen LogP contribution < -0.4 is 0 Å². The fourth-order valence-electron chi connectivity index (χ4n) is 0.977. The van der Waals surface area contributed by atoms with E-state index in [4.69, 9.17) is 30.3 Å². The van der Waals surface area contributed by atoms with Gasteiger partial charge in [0.1, 0.15) is 0 Å². The molecule has 2 rings (SSSR count). The molecule has 0 fully saturated rings. The van der Waals surface area contributed by atoms with E-state index in [0.29, 0.717) is 11.4 Å². The van der Waals surface area contributed by atoms with Gasteiger partial charge in [0.25, 0.3) is 0 Å². The summed E-state index contributed by atoms with van der Waals surface area (Å²) in [7, 11) is 9.75. The van der Waals surface area contributed by atoms with Crippen LogP contribution >= 0.6 is 64.0 Å². The first kappa shape index (κ1) is 19.8. The number of rotatable bonds is 0. The summed E-state index contributed by atoms with van der Waals surface area (Å²) in [4.78, 5) is 0. The minimum absolute atomic E-state index is 0.472. The van der Waals surface area contributed by atoms with E-state index in [1.807, 2.05) is 36.4 Å². The Labute approximate surface area is 157 Å². The van der Waals surface area contributed by atoms with E-state index in [-0.39, 0.29) is 0 Å². The van der Waals surface area contributed by atoms with E-state index >= 15 is 0 Å². The minimum Gasteiger partial charge on any atom is -0.699 e.